The lowest BCUT2D eigenvalue weighted by Gasteiger charge is -2.13. The number of furan rings is 1. The molecule has 1 amide bonds. The number of esters is 1. The van der Waals surface area contributed by atoms with Crippen molar-refractivity contribution in [3.8, 4) is 22.9 Å². The molecule has 0 saturated heterocycles. The minimum absolute atomic E-state index is 0.0858. The van der Waals surface area contributed by atoms with Crippen LogP contribution in [0, 0.1) is 13.8 Å². The van der Waals surface area contributed by atoms with Gasteiger partial charge in [-0.15, -0.1) is 0 Å². The number of ether oxygens (including phenoxy) is 3. The van der Waals surface area contributed by atoms with Crippen LogP contribution in [0.15, 0.2) is 73.1 Å². The van der Waals surface area contributed by atoms with Crippen LogP contribution in [0.2, 0.25) is 0 Å². The van der Waals surface area contributed by atoms with E-state index < -0.39 is 11.9 Å². The van der Waals surface area contributed by atoms with Crippen LogP contribution in [0.5, 0.6) is 17.2 Å². The third kappa shape index (κ3) is 6.61. The summed E-state index contributed by atoms with van der Waals surface area (Å²) >= 11 is 6.81. The monoisotopic (exact) mass is 657 g/mol. The number of halogens is 2. The molecule has 0 aliphatic carbocycles. The lowest BCUT2D eigenvalue weighted by atomic mass is 10.2. The SMILES string of the molecule is COc1cc(/C=N/NC(=O)c2ccc(COc3ccc(-n4c(C)ccc4C)cc3)o2)c(Br)c(Br)c1OC(C)=O. The molecule has 2 aromatic heterocycles. The van der Waals surface area contributed by atoms with Crippen LogP contribution in [0.4, 0.5) is 0 Å². The molecule has 0 unspecified atom stereocenters. The highest BCUT2D eigenvalue weighted by atomic mass is 79.9. The highest BCUT2D eigenvalue weighted by molar-refractivity contribution is 9.13. The molecule has 2 aromatic carbocycles. The van der Waals surface area contributed by atoms with Crippen molar-refractivity contribution in [2.24, 2.45) is 5.10 Å². The number of nitrogens with zero attached hydrogens (tertiary/aromatic N) is 2. The maximum atomic E-state index is 12.5. The van der Waals surface area contributed by atoms with Gasteiger partial charge in [0.05, 0.1) is 17.8 Å². The van der Waals surface area contributed by atoms with E-state index in [1.165, 1.54) is 20.2 Å². The summed E-state index contributed by atoms with van der Waals surface area (Å²) in [6.07, 6.45) is 1.42. The maximum absolute atomic E-state index is 12.5. The van der Waals surface area contributed by atoms with Gasteiger partial charge in [0.2, 0.25) is 0 Å². The number of carbonyl (C=O) groups excluding carboxylic acids is 2. The molecule has 1 N–H and O–H groups in total. The molecule has 4 aromatic rings. The summed E-state index contributed by atoms with van der Waals surface area (Å²) in [6, 6.07) is 16.8. The Balaban J connectivity index is 1.35. The predicted molar refractivity (Wildman–Crippen MR) is 153 cm³/mol. The molecule has 2 heterocycles. The molecule has 0 aliphatic rings. The average molecular weight is 659 g/mol. The minimum atomic E-state index is -0.530. The lowest BCUT2D eigenvalue weighted by Crippen LogP contribution is -2.17. The number of hydrogen-bond donors (Lipinski definition) is 1. The van der Waals surface area contributed by atoms with Crippen molar-refractivity contribution in [1.29, 1.82) is 0 Å². The Morgan fingerprint density at radius 2 is 1.72 bits per heavy atom. The van der Waals surface area contributed by atoms with Gasteiger partial charge in [0, 0.05) is 34.0 Å². The van der Waals surface area contributed by atoms with E-state index in [9.17, 15) is 9.59 Å². The summed E-state index contributed by atoms with van der Waals surface area (Å²) in [4.78, 5) is 23.9. The van der Waals surface area contributed by atoms with Gasteiger partial charge in [-0.1, -0.05) is 0 Å². The second-order valence-electron chi connectivity index (χ2n) is 8.42. The zero-order chi connectivity index (χ0) is 28.1. The lowest BCUT2D eigenvalue weighted by molar-refractivity contribution is -0.132. The van der Waals surface area contributed by atoms with Gasteiger partial charge in [-0.3, -0.25) is 9.59 Å². The van der Waals surface area contributed by atoms with Crippen molar-refractivity contribution < 1.29 is 28.2 Å². The Labute approximate surface area is 242 Å². The average Bonchev–Trinajstić information content (AvgIpc) is 3.53. The molecule has 0 fully saturated rings. The van der Waals surface area contributed by atoms with Crippen LogP contribution in [0.3, 0.4) is 0 Å². The number of amides is 1. The fourth-order valence-electron chi connectivity index (χ4n) is 3.80. The molecule has 39 heavy (non-hydrogen) atoms. The fourth-order valence-corrected chi connectivity index (χ4v) is 4.71. The first-order chi connectivity index (χ1) is 18.7. The Bertz CT molecular complexity index is 1520. The molecule has 202 valence electrons. The van der Waals surface area contributed by atoms with E-state index in [-0.39, 0.29) is 18.1 Å². The number of methoxy groups -OCH3 is 1. The predicted octanol–water partition coefficient (Wildman–Crippen LogP) is 6.49. The normalized spacial score (nSPS) is 11.0. The Kier molecular flexibility index (Phi) is 8.93. The van der Waals surface area contributed by atoms with Gasteiger partial charge < -0.3 is 23.2 Å². The van der Waals surface area contributed by atoms with Crippen molar-refractivity contribution in [1.82, 2.24) is 9.99 Å². The van der Waals surface area contributed by atoms with E-state index in [0.717, 1.165) is 17.1 Å². The fraction of sp³-hybridized carbons (Fsp3) is 0.179. The first-order valence-corrected chi connectivity index (χ1v) is 13.3. The highest BCUT2D eigenvalue weighted by Crippen LogP contribution is 2.42. The molecule has 0 spiro atoms. The number of hydrogen-bond acceptors (Lipinski definition) is 7. The van der Waals surface area contributed by atoms with Crippen molar-refractivity contribution >= 4 is 50.0 Å². The molecule has 0 atom stereocenters. The first kappa shape index (κ1) is 28.2. The Morgan fingerprint density at radius 3 is 2.36 bits per heavy atom. The van der Waals surface area contributed by atoms with E-state index in [2.05, 4.69) is 72.9 Å². The summed E-state index contributed by atoms with van der Waals surface area (Å²) in [6.45, 7) is 5.58. The summed E-state index contributed by atoms with van der Waals surface area (Å²) in [5.74, 6) is 0.774. The molecule has 0 saturated carbocycles. The van der Waals surface area contributed by atoms with Crippen molar-refractivity contribution in [2.75, 3.05) is 7.11 Å². The number of aromatic nitrogens is 1. The van der Waals surface area contributed by atoms with Gasteiger partial charge in [0.15, 0.2) is 17.3 Å². The topological polar surface area (TPSA) is 104 Å². The van der Waals surface area contributed by atoms with Crippen LogP contribution in [0.1, 0.15) is 40.2 Å². The van der Waals surface area contributed by atoms with E-state index >= 15 is 0 Å². The summed E-state index contributed by atoms with van der Waals surface area (Å²) in [5.41, 5.74) is 6.36. The number of benzene rings is 2. The van der Waals surface area contributed by atoms with E-state index in [4.69, 9.17) is 18.6 Å². The molecular weight excluding hydrogens is 634 g/mol. The molecule has 0 bridgehead atoms. The van der Waals surface area contributed by atoms with Crippen LogP contribution < -0.4 is 19.6 Å². The van der Waals surface area contributed by atoms with Gasteiger partial charge in [0.25, 0.3) is 0 Å². The highest BCUT2D eigenvalue weighted by Gasteiger charge is 2.18. The molecule has 0 aliphatic heterocycles. The number of carbonyl (C=O) groups is 2. The quantitative estimate of drug-likeness (QED) is 0.0954. The van der Waals surface area contributed by atoms with Gasteiger partial charge in [0.1, 0.15) is 18.1 Å². The standard InChI is InChI=1S/C28H25Br2N3O6/c1-16-5-6-17(2)33(16)20-7-9-21(10-8-20)37-15-22-11-12-23(39-22)28(35)32-31-14-19-13-24(36-4)27(38-18(3)34)26(30)25(19)29/h5-14H,15H2,1-4H3,(H,32,35)/b31-14+. The van der Waals surface area contributed by atoms with E-state index in [0.29, 0.717) is 31.8 Å². The number of nitrogens with one attached hydrogen (secondary N) is 1. The van der Waals surface area contributed by atoms with Gasteiger partial charge in [-0.2, -0.15) is 5.10 Å². The minimum Gasteiger partial charge on any atom is -0.493 e. The second-order valence-corrected chi connectivity index (χ2v) is 10.0. The van der Waals surface area contributed by atoms with Gasteiger partial charge >= 0.3 is 11.9 Å². The Morgan fingerprint density at radius 1 is 1.03 bits per heavy atom. The molecule has 11 heteroatoms. The van der Waals surface area contributed by atoms with Gasteiger partial charge in [-0.05, 0) is 100 Å². The van der Waals surface area contributed by atoms with Crippen LogP contribution in [-0.2, 0) is 11.4 Å². The Hall–Kier alpha value is -3.83. The number of aryl methyl sites for hydroxylation is 2. The largest absolute Gasteiger partial charge is 0.493 e. The zero-order valence-corrected chi connectivity index (χ0v) is 24.8. The van der Waals surface area contributed by atoms with Gasteiger partial charge in [-0.25, -0.2) is 5.43 Å². The molecular formula is C28H25Br2N3O6. The van der Waals surface area contributed by atoms with Crippen molar-refractivity contribution in [3.05, 3.63) is 92.0 Å². The number of rotatable bonds is 9. The van der Waals surface area contributed by atoms with Crippen LogP contribution >= 0.6 is 31.9 Å². The third-order valence-electron chi connectivity index (χ3n) is 5.62. The first-order valence-electron chi connectivity index (χ1n) is 11.7. The van der Waals surface area contributed by atoms with Crippen LogP contribution in [-0.4, -0.2) is 29.8 Å². The smallest absolute Gasteiger partial charge is 0.308 e. The maximum Gasteiger partial charge on any atom is 0.308 e. The van der Waals surface area contributed by atoms with Crippen molar-refractivity contribution in [2.45, 2.75) is 27.4 Å². The summed E-state index contributed by atoms with van der Waals surface area (Å²) in [5, 5.41) is 4.00. The van der Waals surface area contributed by atoms with Crippen LogP contribution in [0.25, 0.3) is 5.69 Å². The van der Waals surface area contributed by atoms with E-state index in [1.807, 2.05) is 24.3 Å². The van der Waals surface area contributed by atoms with E-state index in [1.54, 1.807) is 18.2 Å². The molecule has 9 nitrogen and oxygen atoms in total. The summed E-state index contributed by atoms with van der Waals surface area (Å²) < 4.78 is 25.1. The summed E-state index contributed by atoms with van der Waals surface area (Å²) in [7, 11) is 1.45. The molecule has 0 radical (unpaired) electrons. The van der Waals surface area contributed by atoms with Crippen molar-refractivity contribution in [3.63, 3.8) is 0 Å². The third-order valence-corrected chi connectivity index (χ3v) is 7.77. The second kappa shape index (κ2) is 12.4. The molecule has 4 rings (SSSR count). The zero-order valence-electron chi connectivity index (χ0n) is 21.6. The number of hydrazone groups is 1.